The number of ketones is 1. The summed E-state index contributed by atoms with van der Waals surface area (Å²) in [4.78, 5) is 15.5. The zero-order valence-electron chi connectivity index (χ0n) is 10.1. The first-order valence-corrected chi connectivity index (χ1v) is 6.58. The monoisotopic (exact) mass is 307 g/mol. The standard InChI is InChI=1S/C15H8Cl2FNO/c16-8-1-3-13(17)11(5-8)15(20)12-7-19-14-4-2-9(18)6-10(12)14/h1-7,19H. The van der Waals surface area contributed by atoms with Gasteiger partial charge in [0.1, 0.15) is 5.82 Å². The number of nitrogens with one attached hydrogen (secondary N) is 1. The molecular weight excluding hydrogens is 300 g/mol. The molecule has 100 valence electrons. The third kappa shape index (κ3) is 2.19. The molecular formula is C15H8Cl2FNO. The number of fused-ring (bicyclic) bond motifs is 1. The van der Waals surface area contributed by atoms with Crippen molar-refractivity contribution >= 4 is 39.9 Å². The van der Waals surface area contributed by atoms with E-state index in [1.54, 1.807) is 24.4 Å². The largest absolute Gasteiger partial charge is 0.360 e. The topological polar surface area (TPSA) is 32.9 Å². The maximum absolute atomic E-state index is 13.3. The highest BCUT2D eigenvalue weighted by Crippen LogP contribution is 2.27. The molecule has 1 aromatic heterocycles. The number of rotatable bonds is 2. The number of aromatic amines is 1. The number of benzene rings is 2. The van der Waals surface area contributed by atoms with Crippen LogP contribution in [0, 0.1) is 5.82 Å². The summed E-state index contributed by atoms with van der Waals surface area (Å²) in [7, 11) is 0. The molecule has 0 atom stereocenters. The quantitative estimate of drug-likeness (QED) is 0.675. The van der Waals surface area contributed by atoms with Crippen LogP contribution >= 0.6 is 23.2 Å². The summed E-state index contributed by atoms with van der Waals surface area (Å²) in [5.41, 5.74) is 1.35. The third-order valence-corrected chi connectivity index (χ3v) is 3.63. The van der Waals surface area contributed by atoms with Crippen LogP contribution in [-0.2, 0) is 0 Å². The minimum Gasteiger partial charge on any atom is -0.360 e. The van der Waals surface area contributed by atoms with Crippen molar-refractivity contribution < 1.29 is 9.18 Å². The second-order valence-electron chi connectivity index (χ2n) is 4.35. The van der Waals surface area contributed by atoms with Crippen LogP contribution in [0.5, 0.6) is 0 Å². The Morgan fingerprint density at radius 1 is 1.05 bits per heavy atom. The van der Waals surface area contributed by atoms with E-state index in [1.807, 2.05) is 0 Å². The summed E-state index contributed by atoms with van der Waals surface area (Å²) in [5, 5.41) is 1.25. The summed E-state index contributed by atoms with van der Waals surface area (Å²) in [6.07, 6.45) is 1.55. The first kappa shape index (κ1) is 13.2. The van der Waals surface area contributed by atoms with Gasteiger partial charge < -0.3 is 4.98 Å². The van der Waals surface area contributed by atoms with E-state index in [4.69, 9.17) is 23.2 Å². The summed E-state index contributed by atoms with van der Waals surface area (Å²) in [6.45, 7) is 0. The molecule has 0 unspecified atom stereocenters. The zero-order chi connectivity index (χ0) is 14.3. The van der Waals surface area contributed by atoms with E-state index >= 15 is 0 Å². The molecule has 2 aromatic carbocycles. The van der Waals surface area contributed by atoms with Crippen LogP contribution in [0.1, 0.15) is 15.9 Å². The molecule has 0 radical (unpaired) electrons. The Hall–Kier alpha value is -1.84. The Bertz CT molecular complexity index is 826. The van der Waals surface area contributed by atoms with E-state index in [2.05, 4.69) is 4.98 Å². The number of carbonyl (C=O) groups is 1. The van der Waals surface area contributed by atoms with Crippen molar-refractivity contribution in [3.63, 3.8) is 0 Å². The number of carbonyl (C=O) groups excluding carboxylic acids is 1. The Balaban J connectivity index is 2.17. The van der Waals surface area contributed by atoms with E-state index in [-0.39, 0.29) is 5.78 Å². The Morgan fingerprint density at radius 3 is 2.65 bits per heavy atom. The van der Waals surface area contributed by atoms with E-state index in [0.717, 1.165) is 0 Å². The van der Waals surface area contributed by atoms with Crippen molar-refractivity contribution in [3.8, 4) is 0 Å². The van der Waals surface area contributed by atoms with Gasteiger partial charge in [0, 0.05) is 33.2 Å². The van der Waals surface area contributed by atoms with Gasteiger partial charge in [0.2, 0.25) is 0 Å². The normalized spacial score (nSPS) is 10.9. The maximum Gasteiger partial charge on any atom is 0.196 e. The molecule has 0 saturated carbocycles. The molecule has 0 fully saturated rings. The molecule has 0 aliphatic carbocycles. The summed E-state index contributed by atoms with van der Waals surface area (Å²) < 4.78 is 13.3. The highest BCUT2D eigenvalue weighted by Gasteiger charge is 2.17. The van der Waals surface area contributed by atoms with Gasteiger partial charge in [-0.2, -0.15) is 0 Å². The minimum atomic E-state index is -0.400. The van der Waals surface area contributed by atoms with E-state index in [9.17, 15) is 9.18 Å². The lowest BCUT2D eigenvalue weighted by Crippen LogP contribution is -2.01. The van der Waals surface area contributed by atoms with Crippen molar-refractivity contribution in [3.05, 3.63) is 69.6 Å². The molecule has 0 aliphatic rings. The van der Waals surface area contributed by atoms with Crippen LogP contribution in [0.2, 0.25) is 10.0 Å². The van der Waals surface area contributed by atoms with Gasteiger partial charge in [-0.15, -0.1) is 0 Å². The summed E-state index contributed by atoms with van der Waals surface area (Å²) in [6, 6.07) is 8.91. The molecule has 5 heteroatoms. The van der Waals surface area contributed by atoms with Crippen molar-refractivity contribution in [2.24, 2.45) is 0 Å². The van der Waals surface area contributed by atoms with Crippen LogP contribution in [-0.4, -0.2) is 10.8 Å². The fraction of sp³-hybridized carbons (Fsp3) is 0. The summed E-state index contributed by atoms with van der Waals surface area (Å²) in [5.74, 6) is -0.697. The van der Waals surface area contributed by atoms with Crippen LogP contribution in [0.15, 0.2) is 42.6 Å². The fourth-order valence-corrected chi connectivity index (χ4v) is 2.47. The zero-order valence-corrected chi connectivity index (χ0v) is 11.6. The molecule has 0 spiro atoms. The minimum absolute atomic E-state index is 0.296. The number of halogens is 3. The van der Waals surface area contributed by atoms with Gasteiger partial charge in [0.05, 0.1) is 5.02 Å². The fourth-order valence-electron chi connectivity index (χ4n) is 2.10. The van der Waals surface area contributed by atoms with Crippen LogP contribution < -0.4 is 0 Å². The molecule has 0 amide bonds. The van der Waals surface area contributed by atoms with Gasteiger partial charge in [-0.25, -0.2) is 4.39 Å². The molecule has 1 heterocycles. The molecule has 2 nitrogen and oxygen atoms in total. The highest BCUT2D eigenvalue weighted by atomic mass is 35.5. The maximum atomic E-state index is 13.3. The highest BCUT2D eigenvalue weighted by molar-refractivity contribution is 6.37. The van der Waals surface area contributed by atoms with Gasteiger partial charge in [-0.05, 0) is 36.4 Å². The van der Waals surface area contributed by atoms with Crippen molar-refractivity contribution in [2.75, 3.05) is 0 Å². The smallest absolute Gasteiger partial charge is 0.196 e. The van der Waals surface area contributed by atoms with E-state index < -0.39 is 5.82 Å². The molecule has 0 aliphatic heterocycles. The lowest BCUT2D eigenvalue weighted by atomic mass is 10.0. The lowest BCUT2D eigenvalue weighted by molar-refractivity contribution is 0.104. The summed E-state index contributed by atoms with van der Waals surface area (Å²) >= 11 is 11.9. The molecule has 20 heavy (non-hydrogen) atoms. The SMILES string of the molecule is O=C(c1cc(Cl)ccc1Cl)c1c[nH]c2ccc(F)cc12. The van der Waals surface area contributed by atoms with E-state index in [0.29, 0.717) is 32.1 Å². The van der Waals surface area contributed by atoms with Crippen molar-refractivity contribution in [1.82, 2.24) is 4.98 Å². The average molecular weight is 308 g/mol. The van der Waals surface area contributed by atoms with E-state index in [1.165, 1.54) is 18.2 Å². The number of hydrogen-bond donors (Lipinski definition) is 1. The molecule has 0 bridgehead atoms. The lowest BCUT2D eigenvalue weighted by Gasteiger charge is -2.03. The number of H-pyrrole nitrogens is 1. The Kier molecular flexibility index (Phi) is 3.24. The average Bonchev–Trinajstić information content (AvgIpc) is 2.83. The first-order chi connectivity index (χ1) is 9.56. The molecule has 3 rings (SSSR count). The molecule has 1 N–H and O–H groups in total. The van der Waals surface area contributed by atoms with Crippen molar-refractivity contribution in [2.45, 2.75) is 0 Å². The number of hydrogen-bond acceptors (Lipinski definition) is 1. The predicted molar refractivity (Wildman–Crippen MR) is 78.2 cm³/mol. The van der Waals surface area contributed by atoms with Crippen LogP contribution in [0.4, 0.5) is 4.39 Å². The molecule has 0 saturated heterocycles. The van der Waals surface area contributed by atoms with Crippen LogP contribution in [0.3, 0.4) is 0 Å². The molecule has 3 aromatic rings. The number of aromatic nitrogens is 1. The van der Waals surface area contributed by atoms with Gasteiger partial charge in [0.25, 0.3) is 0 Å². The van der Waals surface area contributed by atoms with Crippen LogP contribution in [0.25, 0.3) is 10.9 Å². The van der Waals surface area contributed by atoms with Gasteiger partial charge in [-0.1, -0.05) is 23.2 Å². The second-order valence-corrected chi connectivity index (χ2v) is 5.19. The Morgan fingerprint density at radius 2 is 1.85 bits per heavy atom. The first-order valence-electron chi connectivity index (χ1n) is 5.82. The Labute approximate surface area is 124 Å². The van der Waals surface area contributed by atoms with Gasteiger partial charge in [0.15, 0.2) is 5.78 Å². The second kappa shape index (κ2) is 4.93. The predicted octanol–water partition coefficient (Wildman–Crippen LogP) is 4.84. The van der Waals surface area contributed by atoms with Gasteiger partial charge >= 0.3 is 0 Å². The van der Waals surface area contributed by atoms with Gasteiger partial charge in [-0.3, -0.25) is 4.79 Å². The third-order valence-electron chi connectivity index (χ3n) is 3.06. The van der Waals surface area contributed by atoms with Crippen molar-refractivity contribution in [1.29, 1.82) is 0 Å².